The van der Waals surface area contributed by atoms with E-state index in [1.165, 1.54) is 18.6 Å². The molecule has 0 saturated heterocycles. The van der Waals surface area contributed by atoms with Crippen molar-refractivity contribution < 1.29 is 9.59 Å². The summed E-state index contributed by atoms with van der Waals surface area (Å²) in [6, 6.07) is 14.3. The van der Waals surface area contributed by atoms with Crippen molar-refractivity contribution in [3.05, 3.63) is 105 Å². The van der Waals surface area contributed by atoms with Crippen LogP contribution in [0.3, 0.4) is 0 Å². The number of benzene rings is 2. The molecule has 0 fully saturated rings. The van der Waals surface area contributed by atoms with Crippen LogP contribution in [-0.4, -0.2) is 21.2 Å². The minimum absolute atomic E-state index is 0.0216. The zero-order chi connectivity index (χ0) is 22.8. The summed E-state index contributed by atoms with van der Waals surface area (Å²) >= 11 is 0. The number of hydrogen-bond acceptors (Lipinski definition) is 4. The number of pyridine rings is 2. The Bertz CT molecular complexity index is 1410. The van der Waals surface area contributed by atoms with Crippen LogP contribution in [0.5, 0.6) is 0 Å². The van der Waals surface area contributed by atoms with Gasteiger partial charge in [-0.2, -0.15) is 0 Å². The van der Waals surface area contributed by atoms with Crippen LogP contribution in [0.4, 0.5) is 5.69 Å². The van der Waals surface area contributed by atoms with Gasteiger partial charge in [0.15, 0.2) is 5.78 Å². The number of fused-ring (bicyclic) bond motifs is 1. The van der Waals surface area contributed by atoms with Gasteiger partial charge in [-0.15, -0.1) is 0 Å². The number of aryl methyl sites for hydroxylation is 3. The lowest BCUT2D eigenvalue weighted by atomic mass is 10.0. The van der Waals surface area contributed by atoms with E-state index in [-0.39, 0.29) is 23.4 Å². The molecule has 0 aliphatic rings. The Balaban J connectivity index is 1.75. The minimum Gasteiger partial charge on any atom is -0.337 e. The predicted octanol–water partition coefficient (Wildman–Crippen LogP) is 4.19. The number of carbonyl (C=O) groups is 2. The second-order valence-corrected chi connectivity index (χ2v) is 7.93. The number of nitrogens with zero attached hydrogens (tertiary/aromatic N) is 2. The molecule has 0 aliphatic carbocycles. The van der Waals surface area contributed by atoms with Gasteiger partial charge in [0.05, 0.1) is 11.1 Å². The largest absolute Gasteiger partial charge is 0.337 e. The molecule has 160 valence electrons. The Morgan fingerprint density at radius 1 is 0.938 bits per heavy atom. The number of rotatable bonds is 5. The third kappa shape index (κ3) is 4.21. The van der Waals surface area contributed by atoms with Gasteiger partial charge >= 0.3 is 0 Å². The van der Waals surface area contributed by atoms with Gasteiger partial charge < -0.3 is 9.88 Å². The van der Waals surface area contributed by atoms with Gasteiger partial charge in [0.1, 0.15) is 6.54 Å². The highest BCUT2D eigenvalue weighted by atomic mass is 16.2. The fraction of sp³-hybridized carbons (Fsp3) is 0.154. The SMILES string of the molecule is Cc1ccc2c(c1)c(=O)c(C(=O)c1ccncc1)cn2CC(=O)Nc1ccc(C)c(C)c1. The molecule has 2 aromatic heterocycles. The van der Waals surface area contributed by atoms with Crippen LogP contribution in [0.25, 0.3) is 10.9 Å². The first-order valence-corrected chi connectivity index (χ1v) is 10.3. The zero-order valence-corrected chi connectivity index (χ0v) is 18.2. The Morgan fingerprint density at radius 2 is 1.69 bits per heavy atom. The van der Waals surface area contributed by atoms with E-state index in [0.29, 0.717) is 22.2 Å². The summed E-state index contributed by atoms with van der Waals surface area (Å²) in [6.07, 6.45) is 4.49. The number of aromatic nitrogens is 2. The number of amides is 1. The third-order valence-electron chi connectivity index (χ3n) is 5.53. The summed E-state index contributed by atoms with van der Waals surface area (Å²) in [7, 11) is 0. The normalized spacial score (nSPS) is 10.8. The Kier molecular flexibility index (Phi) is 5.69. The number of anilines is 1. The molecule has 32 heavy (non-hydrogen) atoms. The summed E-state index contributed by atoms with van der Waals surface area (Å²) in [5, 5.41) is 3.30. The molecule has 4 aromatic rings. The van der Waals surface area contributed by atoms with E-state index in [1.54, 1.807) is 28.8 Å². The molecule has 1 amide bonds. The fourth-order valence-corrected chi connectivity index (χ4v) is 3.64. The number of hydrogen-bond donors (Lipinski definition) is 1. The molecule has 6 heteroatoms. The molecular weight excluding hydrogens is 402 g/mol. The average Bonchev–Trinajstić information content (AvgIpc) is 2.78. The predicted molar refractivity (Wildman–Crippen MR) is 125 cm³/mol. The molecule has 6 nitrogen and oxygen atoms in total. The van der Waals surface area contributed by atoms with Crippen molar-refractivity contribution in [1.82, 2.24) is 9.55 Å². The van der Waals surface area contributed by atoms with Crippen LogP contribution in [-0.2, 0) is 11.3 Å². The number of ketones is 1. The first-order valence-electron chi connectivity index (χ1n) is 10.3. The number of nitrogens with one attached hydrogen (secondary N) is 1. The van der Waals surface area contributed by atoms with Crippen molar-refractivity contribution >= 4 is 28.3 Å². The highest BCUT2D eigenvalue weighted by Crippen LogP contribution is 2.18. The van der Waals surface area contributed by atoms with E-state index in [9.17, 15) is 14.4 Å². The summed E-state index contributed by atoms with van der Waals surface area (Å²) in [4.78, 5) is 42.9. The summed E-state index contributed by atoms with van der Waals surface area (Å²) in [5.41, 5.74) is 4.46. The molecule has 2 aromatic carbocycles. The quantitative estimate of drug-likeness (QED) is 0.486. The van der Waals surface area contributed by atoms with Gasteiger partial charge in [0.2, 0.25) is 11.3 Å². The van der Waals surface area contributed by atoms with Crippen molar-refractivity contribution in [3.8, 4) is 0 Å². The first-order chi connectivity index (χ1) is 15.3. The molecule has 2 heterocycles. The molecule has 1 N–H and O–H groups in total. The molecule has 0 unspecified atom stereocenters. The Labute approximate surface area is 185 Å². The molecule has 0 saturated carbocycles. The van der Waals surface area contributed by atoms with Crippen LogP contribution >= 0.6 is 0 Å². The van der Waals surface area contributed by atoms with Gasteiger partial charge in [-0.3, -0.25) is 19.4 Å². The highest BCUT2D eigenvalue weighted by molar-refractivity contribution is 6.10. The van der Waals surface area contributed by atoms with Crippen LogP contribution in [0.15, 0.2) is 71.9 Å². The zero-order valence-electron chi connectivity index (χ0n) is 18.2. The first kappa shape index (κ1) is 21.2. The van der Waals surface area contributed by atoms with Crippen molar-refractivity contribution in [1.29, 1.82) is 0 Å². The lowest BCUT2D eigenvalue weighted by Crippen LogP contribution is -2.24. The third-order valence-corrected chi connectivity index (χ3v) is 5.53. The maximum Gasteiger partial charge on any atom is 0.244 e. The van der Waals surface area contributed by atoms with Gasteiger partial charge in [0, 0.05) is 35.2 Å². The van der Waals surface area contributed by atoms with E-state index < -0.39 is 5.78 Å². The van der Waals surface area contributed by atoms with Crippen molar-refractivity contribution in [3.63, 3.8) is 0 Å². The summed E-state index contributed by atoms with van der Waals surface area (Å²) in [6.45, 7) is 5.84. The van der Waals surface area contributed by atoms with Gasteiger partial charge in [-0.05, 0) is 68.3 Å². The van der Waals surface area contributed by atoms with E-state index in [4.69, 9.17) is 0 Å². The maximum atomic E-state index is 13.1. The molecule has 0 atom stereocenters. The fourth-order valence-electron chi connectivity index (χ4n) is 3.64. The van der Waals surface area contributed by atoms with E-state index in [0.717, 1.165) is 16.7 Å². The van der Waals surface area contributed by atoms with Crippen LogP contribution in [0.1, 0.15) is 32.6 Å². The monoisotopic (exact) mass is 425 g/mol. The Morgan fingerprint density at radius 3 is 2.41 bits per heavy atom. The van der Waals surface area contributed by atoms with Gasteiger partial charge in [-0.1, -0.05) is 17.7 Å². The van der Waals surface area contributed by atoms with Crippen LogP contribution < -0.4 is 10.7 Å². The van der Waals surface area contributed by atoms with Crippen molar-refractivity contribution in [2.24, 2.45) is 0 Å². The molecule has 4 rings (SSSR count). The molecule has 0 spiro atoms. The van der Waals surface area contributed by atoms with E-state index in [1.807, 2.05) is 45.0 Å². The molecule has 0 radical (unpaired) electrons. The smallest absolute Gasteiger partial charge is 0.244 e. The molecular formula is C26H23N3O3. The van der Waals surface area contributed by atoms with Crippen molar-refractivity contribution in [2.75, 3.05) is 5.32 Å². The highest BCUT2D eigenvalue weighted by Gasteiger charge is 2.18. The second kappa shape index (κ2) is 8.59. The maximum absolute atomic E-state index is 13.1. The number of carbonyl (C=O) groups excluding carboxylic acids is 2. The second-order valence-electron chi connectivity index (χ2n) is 7.93. The van der Waals surface area contributed by atoms with Gasteiger partial charge in [-0.25, -0.2) is 0 Å². The Hall–Kier alpha value is -4.06. The standard InChI is InChI=1S/C26H23N3O3/c1-16-4-7-23-21(12-16)26(32)22(25(31)19-8-10-27-11-9-19)14-29(23)15-24(30)28-20-6-5-17(2)18(3)13-20/h4-14H,15H2,1-3H3,(H,28,30). The summed E-state index contributed by atoms with van der Waals surface area (Å²) in [5.74, 6) is -0.648. The van der Waals surface area contributed by atoms with Crippen LogP contribution in [0, 0.1) is 20.8 Å². The van der Waals surface area contributed by atoms with Crippen molar-refractivity contribution in [2.45, 2.75) is 27.3 Å². The molecule has 0 aliphatic heterocycles. The minimum atomic E-state index is -0.399. The van der Waals surface area contributed by atoms with E-state index >= 15 is 0 Å². The lowest BCUT2D eigenvalue weighted by Gasteiger charge is -2.14. The molecule has 0 bridgehead atoms. The topological polar surface area (TPSA) is 81.1 Å². The lowest BCUT2D eigenvalue weighted by molar-refractivity contribution is -0.116. The van der Waals surface area contributed by atoms with E-state index in [2.05, 4.69) is 10.3 Å². The van der Waals surface area contributed by atoms with Gasteiger partial charge in [0.25, 0.3) is 0 Å². The average molecular weight is 425 g/mol. The van der Waals surface area contributed by atoms with Crippen LogP contribution in [0.2, 0.25) is 0 Å². The summed E-state index contributed by atoms with van der Waals surface area (Å²) < 4.78 is 1.65.